The fourth-order valence-corrected chi connectivity index (χ4v) is 3.15. The standard InChI is InChI=1S/C19H20N6O/c1-12(2)24-10-14(8-9-15(24)26)16-17(13-6-4-3-5-7-13)22-19(20)25-11-21-23-18(16)25/h3-12,15,26H,1-2H3,(H2,20,22). The summed E-state index contributed by atoms with van der Waals surface area (Å²) in [4.78, 5) is 6.50. The molecule has 1 aliphatic rings. The van der Waals surface area contributed by atoms with Crippen molar-refractivity contribution in [2.24, 2.45) is 0 Å². The van der Waals surface area contributed by atoms with Crippen molar-refractivity contribution < 1.29 is 5.11 Å². The lowest BCUT2D eigenvalue weighted by atomic mass is 9.98. The van der Waals surface area contributed by atoms with Crippen LogP contribution in [0, 0.1) is 0 Å². The first-order valence-corrected chi connectivity index (χ1v) is 8.47. The maximum Gasteiger partial charge on any atom is 0.207 e. The molecule has 0 bridgehead atoms. The Kier molecular flexibility index (Phi) is 3.93. The van der Waals surface area contributed by atoms with E-state index in [9.17, 15) is 5.11 Å². The molecule has 26 heavy (non-hydrogen) atoms. The first-order valence-electron chi connectivity index (χ1n) is 8.47. The van der Waals surface area contributed by atoms with Crippen LogP contribution in [0.3, 0.4) is 0 Å². The number of aromatic nitrogens is 4. The van der Waals surface area contributed by atoms with E-state index in [4.69, 9.17) is 5.73 Å². The smallest absolute Gasteiger partial charge is 0.207 e. The summed E-state index contributed by atoms with van der Waals surface area (Å²) in [6, 6.07) is 9.99. The van der Waals surface area contributed by atoms with Gasteiger partial charge in [-0.2, -0.15) is 0 Å². The van der Waals surface area contributed by atoms with Gasteiger partial charge in [0.05, 0.1) is 11.3 Å². The minimum Gasteiger partial charge on any atom is -0.370 e. The average molecular weight is 348 g/mol. The molecule has 3 aromatic rings. The zero-order valence-corrected chi connectivity index (χ0v) is 14.6. The van der Waals surface area contributed by atoms with Gasteiger partial charge in [-0.05, 0) is 19.9 Å². The highest BCUT2D eigenvalue weighted by Crippen LogP contribution is 2.34. The molecule has 0 saturated heterocycles. The van der Waals surface area contributed by atoms with Gasteiger partial charge < -0.3 is 15.7 Å². The third-order valence-electron chi connectivity index (χ3n) is 4.46. The lowest BCUT2D eigenvalue weighted by Gasteiger charge is -2.32. The molecule has 3 heterocycles. The fourth-order valence-electron chi connectivity index (χ4n) is 3.15. The van der Waals surface area contributed by atoms with Crippen LogP contribution >= 0.6 is 0 Å². The van der Waals surface area contributed by atoms with Crippen molar-refractivity contribution in [3.63, 3.8) is 0 Å². The van der Waals surface area contributed by atoms with E-state index in [0.717, 1.165) is 22.4 Å². The van der Waals surface area contributed by atoms with Crippen LogP contribution in [0.1, 0.15) is 19.4 Å². The van der Waals surface area contributed by atoms with Crippen LogP contribution in [0.4, 0.5) is 5.95 Å². The number of nitrogen functional groups attached to an aromatic ring is 1. The topological polar surface area (TPSA) is 92.6 Å². The Morgan fingerprint density at radius 3 is 2.69 bits per heavy atom. The fraction of sp³-hybridized carbons (Fsp3) is 0.211. The second kappa shape index (κ2) is 6.27. The van der Waals surface area contributed by atoms with E-state index in [-0.39, 0.29) is 6.04 Å². The molecule has 0 radical (unpaired) electrons. The molecular formula is C19H20N6O. The van der Waals surface area contributed by atoms with Crippen molar-refractivity contribution >= 4 is 17.2 Å². The van der Waals surface area contributed by atoms with Gasteiger partial charge in [0, 0.05) is 23.4 Å². The van der Waals surface area contributed by atoms with Crippen LogP contribution in [0.2, 0.25) is 0 Å². The van der Waals surface area contributed by atoms with Crippen LogP contribution < -0.4 is 5.73 Å². The molecule has 7 heteroatoms. The Hall–Kier alpha value is -3.19. The van der Waals surface area contributed by atoms with E-state index in [1.807, 2.05) is 61.4 Å². The van der Waals surface area contributed by atoms with Crippen molar-refractivity contribution in [1.82, 2.24) is 24.5 Å². The molecule has 1 aromatic carbocycles. The van der Waals surface area contributed by atoms with Gasteiger partial charge in [0.1, 0.15) is 12.6 Å². The zero-order chi connectivity index (χ0) is 18.3. The molecule has 132 valence electrons. The number of allylic oxidation sites excluding steroid dienone is 2. The molecule has 2 aromatic heterocycles. The maximum absolute atomic E-state index is 10.2. The minimum absolute atomic E-state index is 0.140. The highest BCUT2D eigenvalue weighted by atomic mass is 16.3. The highest BCUT2D eigenvalue weighted by molar-refractivity contribution is 5.91. The van der Waals surface area contributed by atoms with Crippen molar-refractivity contribution in [2.75, 3.05) is 5.73 Å². The summed E-state index contributed by atoms with van der Waals surface area (Å²) in [7, 11) is 0. The molecule has 0 spiro atoms. The first kappa shape index (κ1) is 16.3. The summed E-state index contributed by atoms with van der Waals surface area (Å²) in [6.07, 6.45) is 6.47. The number of benzene rings is 1. The first-order chi connectivity index (χ1) is 12.6. The number of fused-ring (bicyclic) bond motifs is 1. The van der Waals surface area contributed by atoms with Crippen molar-refractivity contribution in [3.05, 3.63) is 60.6 Å². The van der Waals surface area contributed by atoms with Gasteiger partial charge in [-0.3, -0.25) is 4.40 Å². The van der Waals surface area contributed by atoms with Gasteiger partial charge in [-0.25, -0.2) is 4.98 Å². The number of anilines is 1. The summed E-state index contributed by atoms with van der Waals surface area (Å²) in [5, 5.41) is 18.5. The minimum atomic E-state index is -0.658. The summed E-state index contributed by atoms with van der Waals surface area (Å²) >= 11 is 0. The van der Waals surface area contributed by atoms with Crippen LogP contribution in [-0.4, -0.2) is 41.9 Å². The molecule has 1 aliphatic heterocycles. The Bertz CT molecular complexity index is 1010. The SMILES string of the molecule is CC(C)N1C=C(c2c(-c3ccccc3)nc(N)n3cnnc23)C=CC1O. The van der Waals surface area contributed by atoms with Crippen LogP contribution in [0.25, 0.3) is 22.5 Å². The summed E-state index contributed by atoms with van der Waals surface area (Å²) in [5.41, 5.74) is 10.2. The lowest BCUT2D eigenvalue weighted by molar-refractivity contribution is 0.0575. The third kappa shape index (κ3) is 2.62. The molecule has 7 nitrogen and oxygen atoms in total. The van der Waals surface area contributed by atoms with E-state index in [2.05, 4.69) is 15.2 Å². The van der Waals surface area contributed by atoms with Crippen molar-refractivity contribution in [3.8, 4) is 11.3 Å². The highest BCUT2D eigenvalue weighted by Gasteiger charge is 2.23. The van der Waals surface area contributed by atoms with Crippen molar-refractivity contribution in [2.45, 2.75) is 26.1 Å². The molecule has 4 rings (SSSR count). The van der Waals surface area contributed by atoms with Gasteiger partial charge in [0.15, 0.2) is 5.65 Å². The Morgan fingerprint density at radius 1 is 1.19 bits per heavy atom. The molecule has 1 unspecified atom stereocenters. The second-order valence-corrected chi connectivity index (χ2v) is 6.48. The number of aliphatic hydroxyl groups is 1. The molecular weight excluding hydrogens is 328 g/mol. The van der Waals surface area contributed by atoms with E-state index >= 15 is 0 Å². The predicted octanol–water partition coefficient (Wildman–Crippen LogP) is 2.31. The van der Waals surface area contributed by atoms with Crippen LogP contribution in [0.15, 0.2) is 55.0 Å². The predicted molar refractivity (Wildman–Crippen MR) is 101 cm³/mol. The number of hydrogen-bond donors (Lipinski definition) is 2. The number of aliphatic hydroxyl groups excluding tert-OH is 1. The molecule has 0 fully saturated rings. The summed E-state index contributed by atoms with van der Waals surface area (Å²) in [5.74, 6) is 0.328. The van der Waals surface area contributed by atoms with Gasteiger partial charge in [-0.15, -0.1) is 10.2 Å². The summed E-state index contributed by atoms with van der Waals surface area (Å²) in [6.45, 7) is 4.06. The van der Waals surface area contributed by atoms with Crippen molar-refractivity contribution in [1.29, 1.82) is 0 Å². The Labute approximate surface area is 151 Å². The summed E-state index contributed by atoms with van der Waals surface area (Å²) < 4.78 is 1.67. The quantitative estimate of drug-likeness (QED) is 0.754. The zero-order valence-electron chi connectivity index (χ0n) is 14.6. The molecule has 0 amide bonds. The second-order valence-electron chi connectivity index (χ2n) is 6.48. The van der Waals surface area contributed by atoms with E-state index < -0.39 is 6.23 Å². The maximum atomic E-state index is 10.2. The third-order valence-corrected chi connectivity index (χ3v) is 4.46. The number of rotatable bonds is 3. The number of hydrogen-bond acceptors (Lipinski definition) is 6. The average Bonchev–Trinajstić information content (AvgIpc) is 3.13. The largest absolute Gasteiger partial charge is 0.370 e. The van der Waals surface area contributed by atoms with E-state index in [1.54, 1.807) is 16.8 Å². The molecule has 0 aliphatic carbocycles. The van der Waals surface area contributed by atoms with Crippen LogP contribution in [0.5, 0.6) is 0 Å². The normalized spacial score (nSPS) is 17.2. The molecule has 1 atom stereocenters. The molecule has 3 N–H and O–H groups in total. The van der Waals surface area contributed by atoms with Gasteiger partial charge in [0.25, 0.3) is 0 Å². The number of nitrogens with zero attached hydrogens (tertiary/aromatic N) is 5. The van der Waals surface area contributed by atoms with Gasteiger partial charge in [0.2, 0.25) is 5.95 Å². The molecule has 0 saturated carbocycles. The Morgan fingerprint density at radius 2 is 1.96 bits per heavy atom. The van der Waals surface area contributed by atoms with Gasteiger partial charge in [-0.1, -0.05) is 36.4 Å². The van der Waals surface area contributed by atoms with E-state index in [0.29, 0.717) is 11.6 Å². The monoisotopic (exact) mass is 348 g/mol. The number of nitrogens with two attached hydrogens (primary N) is 1. The van der Waals surface area contributed by atoms with E-state index in [1.165, 1.54) is 0 Å². The van der Waals surface area contributed by atoms with Gasteiger partial charge >= 0.3 is 0 Å². The Balaban J connectivity index is 2.00. The lowest BCUT2D eigenvalue weighted by Crippen LogP contribution is -2.36. The van der Waals surface area contributed by atoms with Crippen LogP contribution in [-0.2, 0) is 0 Å².